The molecule has 3 heteroatoms. The highest BCUT2D eigenvalue weighted by Crippen LogP contribution is 2.25. The lowest BCUT2D eigenvalue weighted by Crippen LogP contribution is -2.05. The molecule has 0 fully saturated rings. The van der Waals surface area contributed by atoms with E-state index in [-0.39, 0.29) is 10.6 Å². The fourth-order valence-corrected chi connectivity index (χ4v) is 2.08. The van der Waals surface area contributed by atoms with Crippen LogP contribution in [-0.2, 0) is 11.2 Å². The van der Waals surface area contributed by atoms with Gasteiger partial charge in [-0.3, -0.25) is 0 Å². The van der Waals surface area contributed by atoms with E-state index in [1.807, 2.05) is 48.5 Å². The molecular formula is C16H13ClO2. The predicted molar refractivity (Wildman–Crippen MR) is 77.0 cm³/mol. The summed E-state index contributed by atoms with van der Waals surface area (Å²) in [5.74, 6) is -0.988. The van der Waals surface area contributed by atoms with Crippen LogP contribution in [0.25, 0.3) is 5.03 Å². The van der Waals surface area contributed by atoms with E-state index in [1.54, 1.807) is 12.1 Å². The van der Waals surface area contributed by atoms with Crippen LogP contribution in [0.3, 0.4) is 0 Å². The van der Waals surface area contributed by atoms with Gasteiger partial charge >= 0.3 is 5.97 Å². The molecule has 0 aliphatic heterocycles. The first-order valence-electron chi connectivity index (χ1n) is 5.90. The molecule has 19 heavy (non-hydrogen) atoms. The molecule has 2 aromatic carbocycles. The third-order valence-corrected chi connectivity index (χ3v) is 3.22. The van der Waals surface area contributed by atoms with Crippen LogP contribution in [0.5, 0.6) is 0 Å². The first-order chi connectivity index (χ1) is 9.18. The van der Waals surface area contributed by atoms with Crippen molar-refractivity contribution in [2.24, 2.45) is 0 Å². The van der Waals surface area contributed by atoms with Crippen molar-refractivity contribution in [2.45, 2.75) is 6.42 Å². The lowest BCUT2D eigenvalue weighted by molar-refractivity contribution is -0.132. The maximum atomic E-state index is 11.4. The van der Waals surface area contributed by atoms with Gasteiger partial charge in [0.15, 0.2) is 0 Å². The Morgan fingerprint density at radius 3 is 2.00 bits per heavy atom. The second-order valence-electron chi connectivity index (χ2n) is 4.13. The number of carboxylic acids is 1. The van der Waals surface area contributed by atoms with Gasteiger partial charge in [0.2, 0.25) is 0 Å². The standard InChI is InChI=1S/C16H13ClO2/c17-15(13-9-5-2-6-10-13)14(16(18)19)11-12-7-3-1-4-8-12/h1-10H,11H2,(H,18,19). The summed E-state index contributed by atoms with van der Waals surface area (Å²) in [5, 5.41) is 9.61. The number of rotatable bonds is 4. The minimum Gasteiger partial charge on any atom is -0.478 e. The highest BCUT2D eigenvalue weighted by atomic mass is 35.5. The summed E-state index contributed by atoms with van der Waals surface area (Å²) in [6.45, 7) is 0. The molecule has 0 unspecified atom stereocenters. The summed E-state index contributed by atoms with van der Waals surface area (Å²) in [4.78, 5) is 11.4. The van der Waals surface area contributed by atoms with Crippen LogP contribution in [0.1, 0.15) is 11.1 Å². The van der Waals surface area contributed by atoms with Crippen LogP contribution in [0.2, 0.25) is 0 Å². The van der Waals surface area contributed by atoms with Gasteiger partial charge in [-0.2, -0.15) is 0 Å². The van der Waals surface area contributed by atoms with Gasteiger partial charge in [0.05, 0.1) is 10.6 Å². The van der Waals surface area contributed by atoms with Crippen molar-refractivity contribution in [2.75, 3.05) is 0 Å². The normalized spacial score (nSPS) is 11.8. The molecule has 2 nitrogen and oxygen atoms in total. The predicted octanol–water partition coefficient (Wildman–Crippen LogP) is 3.96. The lowest BCUT2D eigenvalue weighted by Gasteiger charge is -2.07. The van der Waals surface area contributed by atoms with E-state index in [1.165, 1.54) is 0 Å². The average Bonchev–Trinajstić information content (AvgIpc) is 2.46. The molecular weight excluding hydrogens is 260 g/mol. The molecule has 0 saturated carbocycles. The molecule has 0 saturated heterocycles. The van der Waals surface area contributed by atoms with Crippen LogP contribution in [0.15, 0.2) is 66.2 Å². The van der Waals surface area contributed by atoms with E-state index in [2.05, 4.69) is 0 Å². The van der Waals surface area contributed by atoms with E-state index < -0.39 is 5.97 Å². The number of halogens is 1. The van der Waals surface area contributed by atoms with Gasteiger partial charge in [0.1, 0.15) is 0 Å². The van der Waals surface area contributed by atoms with Crippen molar-refractivity contribution in [3.8, 4) is 0 Å². The number of hydrogen-bond acceptors (Lipinski definition) is 1. The largest absolute Gasteiger partial charge is 0.478 e. The number of benzene rings is 2. The molecule has 0 aromatic heterocycles. The summed E-state index contributed by atoms with van der Waals surface area (Å²) in [5.41, 5.74) is 1.85. The van der Waals surface area contributed by atoms with Gasteiger partial charge in [0, 0.05) is 6.42 Å². The molecule has 0 aliphatic carbocycles. The number of hydrogen-bond donors (Lipinski definition) is 1. The lowest BCUT2D eigenvalue weighted by atomic mass is 10.0. The van der Waals surface area contributed by atoms with Crippen molar-refractivity contribution in [1.82, 2.24) is 0 Å². The van der Waals surface area contributed by atoms with Crippen molar-refractivity contribution in [1.29, 1.82) is 0 Å². The maximum absolute atomic E-state index is 11.4. The van der Waals surface area contributed by atoms with E-state index in [9.17, 15) is 9.90 Å². The Hall–Kier alpha value is -2.06. The van der Waals surface area contributed by atoms with Gasteiger partial charge in [0.25, 0.3) is 0 Å². The van der Waals surface area contributed by atoms with Gasteiger partial charge in [-0.25, -0.2) is 4.79 Å². The summed E-state index contributed by atoms with van der Waals surface area (Å²) < 4.78 is 0. The highest BCUT2D eigenvalue weighted by molar-refractivity contribution is 6.50. The smallest absolute Gasteiger partial charge is 0.333 e. The molecule has 0 radical (unpaired) electrons. The minimum absolute atomic E-state index is 0.207. The molecule has 0 amide bonds. The third-order valence-electron chi connectivity index (χ3n) is 2.77. The van der Waals surface area contributed by atoms with Crippen LogP contribution in [0, 0.1) is 0 Å². The number of carbonyl (C=O) groups is 1. The quantitative estimate of drug-likeness (QED) is 0.855. The third kappa shape index (κ3) is 3.46. The molecule has 0 heterocycles. The van der Waals surface area contributed by atoms with E-state index in [0.717, 1.165) is 11.1 Å². The fraction of sp³-hybridized carbons (Fsp3) is 0.0625. The Morgan fingerprint density at radius 1 is 0.947 bits per heavy atom. The van der Waals surface area contributed by atoms with Crippen LogP contribution in [-0.4, -0.2) is 11.1 Å². The Bertz CT molecular complexity index is 589. The Morgan fingerprint density at radius 2 is 1.47 bits per heavy atom. The minimum atomic E-state index is -0.988. The van der Waals surface area contributed by atoms with Gasteiger partial charge < -0.3 is 5.11 Å². The number of aliphatic carboxylic acids is 1. The Balaban J connectivity index is 2.38. The zero-order valence-electron chi connectivity index (χ0n) is 10.2. The summed E-state index contributed by atoms with van der Waals surface area (Å²) >= 11 is 6.22. The second kappa shape index (κ2) is 6.21. The van der Waals surface area contributed by atoms with E-state index >= 15 is 0 Å². The monoisotopic (exact) mass is 272 g/mol. The summed E-state index contributed by atoms with van der Waals surface area (Å²) in [6, 6.07) is 18.6. The number of carboxylic acid groups (broad SMARTS) is 1. The summed E-state index contributed by atoms with van der Waals surface area (Å²) in [6.07, 6.45) is 0.309. The molecule has 0 atom stereocenters. The maximum Gasteiger partial charge on any atom is 0.333 e. The van der Waals surface area contributed by atoms with E-state index in [4.69, 9.17) is 11.6 Å². The zero-order chi connectivity index (χ0) is 13.7. The molecule has 0 aliphatic rings. The highest BCUT2D eigenvalue weighted by Gasteiger charge is 2.15. The van der Waals surface area contributed by atoms with Crippen LogP contribution in [0.4, 0.5) is 0 Å². The zero-order valence-corrected chi connectivity index (χ0v) is 11.0. The average molecular weight is 273 g/mol. The van der Waals surface area contributed by atoms with Crippen LogP contribution >= 0.6 is 11.6 Å². The first kappa shape index (κ1) is 13.4. The van der Waals surface area contributed by atoms with Crippen molar-refractivity contribution >= 4 is 22.6 Å². The fourth-order valence-electron chi connectivity index (χ4n) is 1.81. The van der Waals surface area contributed by atoms with E-state index in [0.29, 0.717) is 6.42 Å². The Kier molecular flexibility index (Phi) is 4.37. The van der Waals surface area contributed by atoms with Gasteiger partial charge in [-0.15, -0.1) is 0 Å². The van der Waals surface area contributed by atoms with Crippen LogP contribution < -0.4 is 0 Å². The van der Waals surface area contributed by atoms with Crippen molar-refractivity contribution < 1.29 is 9.90 Å². The first-order valence-corrected chi connectivity index (χ1v) is 6.27. The molecule has 2 aromatic rings. The second-order valence-corrected chi connectivity index (χ2v) is 4.50. The molecule has 1 N–H and O–H groups in total. The van der Waals surface area contributed by atoms with Crippen molar-refractivity contribution in [3.63, 3.8) is 0 Å². The van der Waals surface area contributed by atoms with Gasteiger partial charge in [-0.1, -0.05) is 72.3 Å². The molecule has 2 rings (SSSR count). The molecule has 96 valence electrons. The molecule has 0 bridgehead atoms. The SMILES string of the molecule is O=C(O)C(Cc1ccccc1)=C(Cl)c1ccccc1. The summed E-state index contributed by atoms with van der Waals surface area (Å²) in [7, 11) is 0. The topological polar surface area (TPSA) is 37.3 Å². The molecule has 0 spiro atoms. The van der Waals surface area contributed by atoms with Gasteiger partial charge in [-0.05, 0) is 11.1 Å². The van der Waals surface area contributed by atoms with Crippen molar-refractivity contribution in [3.05, 3.63) is 77.4 Å². The Labute approximate surface area is 117 Å².